The Bertz CT molecular complexity index is 312. The Hall–Kier alpha value is -1.22. The largest absolute Gasteiger partial charge is 0.508 e. The molecule has 3 nitrogen and oxygen atoms in total. The van der Waals surface area contributed by atoms with Crippen LogP contribution in [0.25, 0.3) is 0 Å². The molecule has 3 heteroatoms. The summed E-state index contributed by atoms with van der Waals surface area (Å²) in [6.07, 6.45) is 0.917. The van der Waals surface area contributed by atoms with Crippen LogP contribution >= 0.6 is 0 Å². The van der Waals surface area contributed by atoms with Gasteiger partial charge in [-0.2, -0.15) is 0 Å². The van der Waals surface area contributed by atoms with Gasteiger partial charge in [0.15, 0.2) is 0 Å². The van der Waals surface area contributed by atoms with Crippen LogP contribution in [-0.4, -0.2) is 24.8 Å². The third-order valence-electron chi connectivity index (χ3n) is 2.36. The van der Waals surface area contributed by atoms with Gasteiger partial charge in [0, 0.05) is 6.04 Å². The molecule has 0 saturated carbocycles. The van der Waals surface area contributed by atoms with Crippen molar-refractivity contribution in [2.24, 2.45) is 0 Å². The van der Waals surface area contributed by atoms with Crippen LogP contribution in [0.3, 0.4) is 0 Å². The smallest absolute Gasteiger partial charge is 0.122 e. The molecule has 1 aromatic rings. The van der Waals surface area contributed by atoms with E-state index in [0.717, 1.165) is 17.7 Å². The first-order chi connectivity index (χ1) is 6.29. The summed E-state index contributed by atoms with van der Waals surface area (Å²) in [5.41, 5.74) is 1.07. The Balaban J connectivity index is 2.27. The number of nitrogens with one attached hydrogen (secondary N) is 1. The zero-order chi connectivity index (χ0) is 9.26. The summed E-state index contributed by atoms with van der Waals surface area (Å²) < 4.78 is 5.51. The van der Waals surface area contributed by atoms with Crippen molar-refractivity contribution < 1.29 is 9.84 Å². The fourth-order valence-corrected chi connectivity index (χ4v) is 1.57. The molecule has 0 radical (unpaired) electrons. The second-order valence-electron chi connectivity index (χ2n) is 3.29. The molecule has 0 fully saturated rings. The van der Waals surface area contributed by atoms with E-state index in [2.05, 4.69) is 5.32 Å². The van der Waals surface area contributed by atoms with Crippen molar-refractivity contribution in [3.8, 4) is 11.5 Å². The van der Waals surface area contributed by atoms with Gasteiger partial charge < -0.3 is 15.2 Å². The number of benzene rings is 1. The maximum atomic E-state index is 9.27. The molecule has 0 spiro atoms. The lowest BCUT2D eigenvalue weighted by molar-refractivity contribution is 0.245. The van der Waals surface area contributed by atoms with Crippen molar-refractivity contribution in [2.45, 2.75) is 12.5 Å². The highest BCUT2D eigenvalue weighted by Gasteiger charge is 2.18. The number of phenolic OH excluding ortho intramolecular Hbond substituents is 1. The molecule has 13 heavy (non-hydrogen) atoms. The van der Waals surface area contributed by atoms with Gasteiger partial charge in [-0.15, -0.1) is 0 Å². The Morgan fingerprint density at radius 2 is 2.38 bits per heavy atom. The lowest BCUT2D eigenvalue weighted by Crippen LogP contribution is -2.36. The normalized spacial score (nSPS) is 20.5. The highest BCUT2D eigenvalue weighted by atomic mass is 16.5. The van der Waals surface area contributed by atoms with Crippen LogP contribution in [0.1, 0.15) is 5.56 Å². The second-order valence-corrected chi connectivity index (χ2v) is 3.29. The Kier molecular flexibility index (Phi) is 2.10. The molecular weight excluding hydrogens is 166 g/mol. The average molecular weight is 179 g/mol. The van der Waals surface area contributed by atoms with E-state index >= 15 is 0 Å². The van der Waals surface area contributed by atoms with Gasteiger partial charge in [-0.1, -0.05) is 0 Å². The molecule has 2 N–H and O–H groups in total. The Morgan fingerprint density at radius 1 is 1.54 bits per heavy atom. The van der Waals surface area contributed by atoms with Crippen LogP contribution in [0.15, 0.2) is 18.2 Å². The lowest BCUT2D eigenvalue weighted by Gasteiger charge is -2.24. The molecule has 0 aliphatic carbocycles. The van der Waals surface area contributed by atoms with E-state index in [1.54, 1.807) is 12.1 Å². The molecule has 1 heterocycles. The molecule has 1 aliphatic heterocycles. The van der Waals surface area contributed by atoms with Gasteiger partial charge in [-0.25, -0.2) is 0 Å². The molecule has 1 aliphatic rings. The third kappa shape index (κ3) is 1.60. The number of phenols is 1. The zero-order valence-electron chi connectivity index (χ0n) is 7.58. The summed E-state index contributed by atoms with van der Waals surface area (Å²) in [5, 5.41) is 12.4. The second kappa shape index (κ2) is 3.26. The molecule has 1 aromatic carbocycles. The molecule has 1 unspecified atom stereocenters. The first-order valence-electron chi connectivity index (χ1n) is 4.41. The number of hydrogen-bond acceptors (Lipinski definition) is 3. The minimum absolute atomic E-state index is 0.305. The fraction of sp³-hybridized carbons (Fsp3) is 0.400. The zero-order valence-corrected chi connectivity index (χ0v) is 7.58. The summed E-state index contributed by atoms with van der Waals surface area (Å²) >= 11 is 0. The molecule has 0 amide bonds. The van der Waals surface area contributed by atoms with Gasteiger partial charge in [0.2, 0.25) is 0 Å². The van der Waals surface area contributed by atoms with Crippen LogP contribution < -0.4 is 10.1 Å². The number of aromatic hydroxyl groups is 1. The number of ether oxygens (including phenoxy) is 1. The summed E-state index contributed by atoms with van der Waals surface area (Å²) in [4.78, 5) is 0. The summed E-state index contributed by atoms with van der Waals surface area (Å²) in [7, 11) is 1.92. The molecule has 0 saturated heterocycles. The maximum Gasteiger partial charge on any atom is 0.122 e. The van der Waals surface area contributed by atoms with Crippen molar-refractivity contribution >= 4 is 0 Å². The summed E-state index contributed by atoms with van der Waals surface area (Å²) in [5.74, 6) is 1.20. The van der Waals surface area contributed by atoms with E-state index < -0.39 is 0 Å². The van der Waals surface area contributed by atoms with Crippen molar-refractivity contribution in [1.82, 2.24) is 5.32 Å². The molecule has 70 valence electrons. The van der Waals surface area contributed by atoms with E-state index in [9.17, 15) is 5.11 Å². The monoisotopic (exact) mass is 179 g/mol. The predicted octanol–water partition coefficient (Wildman–Crippen LogP) is 0.915. The van der Waals surface area contributed by atoms with Crippen molar-refractivity contribution in [1.29, 1.82) is 0 Å². The van der Waals surface area contributed by atoms with Crippen molar-refractivity contribution in [2.75, 3.05) is 13.7 Å². The van der Waals surface area contributed by atoms with Gasteiger partial charge in [0.25, 0.3) is 0 Å². The lowest BCUT2D eigenvalue weighted by atomic mass is 10.0. The van der Waals surface area contributed by atoms with E-state index in [1.807, 2.05) is 13.1 Å². The Morgan fingerprint density at radius 3 is 3.15 bits per heavy atom. The predicted molar refractivity (Wildman–Crippen MR) is 50.2 cm³/mol. The standard InChI is InChI=1S/C10H13NO2/c1-11-8-4-7-5-9(12)2-3-10(7)13-6-8/h2-3,5,8,11-12H,4,6H2,1H3. The summed E-state index contributed by atoms with van der Waals surface area (Å²) in [6, 6.07) is 5.59. The molecule has 1 atom stereocenters. The topological polar surface area (TPSA) is 41.5 Å². The quantitative estimate of drug-likeness (QED) is 0.673. The molecule has 0 aromatic heterocycles. The summed E-state index contributed by atoms with van der Waals surface area (Å²) in [6.45, 7) is 0.703. The maximum absolute atomic E-state index is 9.27. The van der Waals surface area contributed by atoms with Crippen LogP contribution in [0.5, 0.6) is 11.5 Å². The highest BCUT2D eigenvalue weighted by Crippen LogP contribution is 2.27. The molecule has 2 rings (SSSR count). The first kappa shape index (κ1) is 8.38. The Labute approximate surface area is 77.3 Å². The average Bonchev–Trinajstić information content (AvgIpc) is 2.16. The fourth-order valence-electron chi connectivity index (χ4n) is 1.57. The van der Waals surface area contributed by atoms with Gasteiger partial charge >= 0.3 is 0 Å². The number of rotatable bonds is 1. The number of fused-ring (bicyclic) bond motifs is 1. The van der Waals surface area contributed by atoms with Gasteiger partial charge in [-0.3, -0.25) is 0 Å². The number of hydrogen-bond donors (Lipinski definition) is 2. The van der Waals surface area contributed by atoms with Crippen molar-refractivity contribution in [3.05, 3.63) is 23.8 Å². The van der Waals surface area contributed by atoms with E-state index in [-0.39, 0.29) is 0 Å². The van der Waals surface area contributed by atoms with E-state index in [0.29, 0.717) is 18.4 Å². The van der Waals surface area contributed by atoms with Crippen LogP contribution in [0.2, 0.25) is 0 Å². The van der Waals surface area contributed by atoms with Crippen LogP contribution in [0, 0.1) is 0 Å². The van der Waals surface area contributed by atoms with E-state index in [4.69, 9.17) is 4.74 Å². The minimum Gasteiger partial charge on any atom is -0.508 e. The molecule has 0 bridgehead atoms. The number of likely N-dealkylation sites (N-methyl/N-ethyl adjacent to an activating group) is 1. The van der Waals surface area contributed by atoms with Crippen molar-refractivity contribution in [3.63, 3.8) is 0 Å². The minimum atomic E-state index is 0.305. The SMILES string of the molecule is CNC1COc2ccc(O)cc2C1. The molecular formula is C10H13NO2. The third-order valence-corrected chi connectivity index (χ3v) is 2.36. The van der Waals surface area contributed by atoms with Gasteiger partial charge in [0.05, 0.1) is 0 Å². The van der Waals surface area contributed by atoms with Crippen LogP contribution in [-0.2, 0) is 6.42 Å². The van der Waals surface area contributed by atoms with Gasteiger partial charge in [-0.05, 0) is 37.2 Å². The van der Waals surface area contributed by atoms with Crippen LogP contribution in [0.4, 0.5) is 0 Å². The van der Waals surface area contributed by atoms with E-state index in [1.165, 1.54) is 0 Å². The van der Waals surface area contributed by atoms with Gasteiger partial charge in [0.1, 0.15) is 18.1 Å². The highest BCUT2D eigenvalue weighted by molar-refractivity contribution is 5.41. The first-order valence-corrected chi connectivity index (χ1v) is 4.41.